The summed E-state index contributed by atoms with van der Waals surface area (Å²) in [5.41, 5.74) is 4.74. The smallest absolute Gasteiger partial charge is 0.407 e. The van der Waals surface area contributed by atoms with Gasteiger partial charge in [0.25, 0.3) is 0 Å². The number of nitrogens with zero attached hydrogens (tertiary/aromatic N) is 1. The molecule has 0 radical (unpaired) electrons. The third-order valence-corrected chi connectivity index (χ3v) is 7.37. The first-order valence-electron chi connectivity index (χ1n) is 13.5. The van der Waals surface area contributed by atoms with Crippen molar-refractivity contribution in [2.45, 2.75) is 38.8 Å². The van der Waals surface area contributed by atoms with E-state index in [1.807, 2.05) is 66.5 Å². The Balaban J connectivity index is 1.24. The summed E-state index contributed by atoms with van der Waals surface area (Å²) in [7, 11) is 1.82. The Hall–Kier alpha value is -4.17. The number of carbonyl (C=O) groups is 3. The predicted molar refractivity (Wildman–Crippen MR) is 154 cm³/mol. The second kappa shape index (κ2) is 12.8. The number of likely N-dealkylation sites (N-methyl/N-ethyl adjacent to an activating group) is 1. The number of carboxylic acid groups (broad SMARTS) is 1. The summed E-state index contributed by atoms with van der Waals surface area (Å²) in [4.78, 5) is 39.2. The van der Waals surface area contributed by atoms with Gasteiger partial charge in [0.1, 0.15) is 12.6 Å². The predicted octanol–water partition coefficient (Wildman–Crippen LogP) is 4.64. The Morgan fingerprint density at radius 2 is 1.50 bits per heavy atom. The maximum atomic E-state index is 13.0. The largest absolute Gasteiger partial charge is 0.480 e. The molecule has 3 aromatic carbocycles. The van der Waals surface area contributed by atoms with Gasteiger partial charge in [0.05, 0.1) is 0 Å². The molecule has 1 aliphatic rings. The van der Waals surface area contributed by atoms with E-state index in [0.29, 0.717) is 13.0 Å². The Morgan fingerprint density at radius 1 is 0.925 bits per heavy atom. The molecule has 0 saturated heterocycles. The highest BCUT2D eigenvalue weighted by atomic mass is 16.5. The van der Waals surface area contributed by atoms with Crippen LogP contribution in [0.3, 0.4) is 0 Å². The number of ether oxygens (including phenoxy) is 1. The van der Waals surface area contributed by atoms with Crippen molar-refractivity contribution < 1.29 is 24.2 Å². The number of rotatable bonds is 12. The lowest BCUT2D eigenvalue weighted by atomic mass is 9.88. The molecule has 3 N–H and O–H groups in total. The van der Waals surface area contributed by atoms with E-state index in [2.05, 4.69) is 34.9 Å². The van der Waals surface area contributed by atoms with Crippen molar-refractivity contribution >= 4 is 18.0 Å². The van der Waals surface area contributed by atoms with Crippen LogP contribution in [0.15, 0.2) is 78.9 Å². The van der Waals surface area contributed by atoms with Crippen molar-refractivity contribution in [1.82, 2.24) is 15.5 Å². The van der Waals surface area contributed by atoms with E-state index in [-0.39, 0.29) is 31.5 Å². The van der Waals surface area contributed by atoms with E-state index in [1.165, 1.54) is 0 Å². The molecular formula is C32H37N3O5. The van der Waals surface area contributed by atoms with E-state index < -0.39 is 23.5 Å². The van der Waals surface area contributed by atoms with E-state index in [1.54, 1.807) is 13.8 Å². The zero-order chi connectivity index (χ0) is 28.7. The summed E-state index contributed by atoms with van der Waals surface area (Å²) >= 11 is 0. The molecule has 2 amide bonds. The van der Waals surface area contributed by atoms with Crippen LogP contribution in [0, 0.1) is 5.41 Å². The molecule has 8 heteroatoms. The summed E-state index contributed by atoms with van der Waals surface area (Å²) in [5.74, 6) is -1.52. The monoisotopic (exact) mass is 543 g/mol. The first kappa shape index (κ1) is 28.8. The molecule has 1 aliphatic carbocycles. The molecule has 0 spiro atoms. The molecule has 3 aromatic rings. The Morgan fingerprint density at radius 3 is 2.10 bits per heavy atom. The number of hydrogen-bond donors (Lipinski definition) is 3. The maximum Gasteiger partial charge on any atom is 0.407 e. The van der Waals surface area contributed by atoms with Crippen molar-refractivity contribution in [1.29, 1.82) is 0 Å². The van der Waals surface area contributed by atoms with Gasteiger partial charge >= 0.3 is 12.1 Å². The zero-order valence-corrected chi connectivity index (χ0v) is 23.2. The van der Waals surface area contributed by atoms with Gasteiger partial charge in [-0.25, -0.2) is 9.59 Å². The molecule has 40 heavy (non-hydrogen) atoms. The minimum Gasteiger partial charge on any atom is -0.480 e. The van der Waals surface area contributed by atoms with Crippen LogP contribution in [0.5, 0.6) is 0 Å². The summed E-state index contributed by atoms with van der Waals surface area (Å²) in [5, 5.41) is 15.1. The molecule has 0 heterocycles. The van der Waals surface area contributed by atoms with Crippen LogP contribution in [-0.4, -0.2) is 60.8 Å². The van der Waals surface area contributed by atoms with E-state index in [9.17, 15) is 19.5 Å². The normalized spacial score (nSPS) is 13.3. The molecule has 210 valence electrons. The Kier molecular flexibility index (Phi) is 9.22. The van der Waals surface area contributed by atoms with Crippen LogP contribution < -0.4 is 10.6 Å². The number of carbonyl (C=O) groups excluding carboxylic acids is 2. The van der Waals surface area contributed by atoms with E-state index in [4.69, 9.17) is 4.74 Å². The van der Waals surface area contributed by atoms with Gasteiger partial charge in [-0.15, -0.1) is 0 Å². The van der Waals surface area contributed by atoms with Gasteiger partial charge in [0, 0.05) is 31.0 Å². The Labute approximate surface area is 235 Å². The van der Waals surface area contributed by atoms with Crippen molar-refractivity contribution in [3.8, 4) is 11.1 Å². The standard InChI is InChI=1S/C32H37N3O5/c1-32(2,30(38)34-28(29(36)37)20-35(3)19-22-11-5-4-6-12-22)17-18-33-31(39)40-21-27-25-15-9-7-13-23(25)24-14-8-10-16-26(24)27/h4-16,27-28H,17-21H2,1-3H3,(H,33,39)(H,34,38)(H,36,37). The highest BCUT2D eigenvalue weighted by molar-refractivity contribution is 5.87. The maximum absolute atomic E-state index is 13.0. The third-order valence-electron chi connectivity index (χ3n) is 7.37. The highest BCUT2D eigenvalue weighted by Gasteiger charge is 2.32. The Bertz CT molecular complexity index is 1300. The summed E-state index contributed by atoms with van der Waals surface area (Å²) in [6.45, 7) is 4.60. The average molecular weight is 544 g/mol. The number of amides is 2. The van der Waals surface area contributed by atoms with Crippen molar-refractivity contribution in [2.24, 2.45) is 5.41 Å². The summed E-state index contributed by atoms with van der Waals surface area (Å²) in [6.07, 6.45) is -0.237. The lowest BCUT2D eigenvalue weighted by molar-refractivity contribution is -0.144. The van der Waals surface area contributed by atoms with Gasteiger partial charge in [0.15, 0.2) is 0 Å². The fourth-order valence-electron chi connectivity index (χ4n) is 5.05. The number of benzene rings is 3. The lowest BCUT2D eigenvalue weighted by Gasteiger charge is -2.28. The number of aliphatic carboxylic acids is 1. The molecule has 0 aromatic heterocycles. The summed E-state index contributed by atoms with van der Waals surface area (Å²) < 4.78 is 5.57. The van der Waals surface area contributed by atoms with Gasteiger partial charge in [-0.05, 0) is 41.3 Å². The van der Waals surface area contributed by atoms with Crippen LogP contribution in [0.2, 0.25) is 0 Å². The number of hydrogen-bond acceptors (Lipinski definition) is 5. The molecule has 8 nitrogen and oxygen atoms in total. The second-order valence-electron chi connectivity index (χ2n) is 10.9. The minimum absolute atomic E-state index is 0.0339. The third kappa shape index (κ3) is 7.07. The van der Waals surface area contributed by atoms with Crippen molar-refractivity contribution in [3.63, 3.8) is 0 Å². The molecule has 1 unspecified atom stereocenters. The molecule has 0 fully saturated rings. The number of nitrogens with one attached hydrogen (secondary N) is 2. The van der Waals surface area contributed by atoms with Gasteiger partial charge < -0.3 is 20.5 Å². The quantitative estimate of drug-likeness (QED) is 0.307. The minimum atomic E-state index is -1.10. The van der Waals surface area contributed by atoms with Crippen molar-refractivity contribution in [2.75, 3.05) is 26.7 Å². The van der Waals surface area contributed by atoms with Gasteiger partial charge in [-0.1, -0.05) is 92.7 Å². The first-order valence-corrected chi connectivity index (χ1v) is 13.5. The van der Waals surface area contributed by atoms with Gasteiger partial charge in [0.2, 0.25) is 5.91 Å². The van der Waals surface area contributed by atoms with Crippen LogP contribution in [-0.2, 0) is 20.9 Å². The molecule has 0 saturated carbocycles. The average Bonchev–Trinajstić information content (AvgIpc) is 3.25. The number of carboxylic acids is 1. The van der Waals surface area contributed by atoms with Crippen LogP contribution in [0.4, 0.5) is 4.79 Å². The van der Waals surface area contributed by atoms with E-state index in [0.717, 1.165) is 27.8 Å². The second-order valence-corrected chi connectivity index (χ2v) is 10.9. The molecule has 0 bridgehead atoms. The molecule has 1 atom stereocenters. The van der Waals surface area contributed by atoms with Crippen LogP contribution in [0.25, 0.3) is 11.1 Å². The molecular weight excluding hydrogens is 506 g/mol. The van der Waals surface area contributed by atoms with Gasteiger partial charge in [-0.3, -0.25) is 9.69 Å². The number of fused-ring (bicyclic) bond motifs is 3. The van der Waals surface area contributed by atoms with Crippen LogP contribution in [0.1, 0.15) is 42.9 Å². The fourth-order valence-corrected chi connectivity index (χ4v) is 5.05. The molecule has 4 rings (SSSR count). The first-order chi connectivity index (χ1) is 19.2. The summed E-state index contributed by atoms with van der Waals surface area (Å²) in [6, 6.07) is 24.9. The van der Waals surface area contributed by atoms with E-state index >= 15 is 0 Å². The highest BCUT2D eigenvalue weighted by Crippen LogP contribution is 2.44. The van der Waals surface area contributed by atoms with Crippen molar-refractivity contribution in [3.05, 3.63) is 95.6 Å². The zero-order valence-electron chi connectivity index (χ0n) is 23.2. The SMILES string of the molecule is CN(Cc1ccccc1)CC(NC(=O)C(C)(C)CCNC(=O)OCC1c2ccccc2-c2ccccc21)C(=O)O. The topological polar surface area (TPSA) is 108 Å². The molecule has 0 aliphatic heterocycles. The van der Waals surface area contributed by atoms with Crippen LogP contribution >= 0.6 is 0 Å². The fraction of sp³-hybridized carbons (Fsp3) is 0.344. The lowest BCUT2D eigenvalue weighted by Crippen LogP contribution is -2.51. The number of alkyl carbamates (subject to hydrolysis) is 1. The van der Waals surface area contributed by atoms with Gasteiger partial charge in [-0.2, -0.15) is 0 Å².